The van der Waals surface area contributed by atoms with Crippen molar-refractivity contribution in [3.05, 3.63) is 40.0 Å². The van der Waals surface area contributed by atoms with E-state index in [2.05, 4.69) is 17.3 Å². The van der Waals surface area contributed by atoms with Gasteiger partial charge in [-0.25, -0.2) is 0 Å². The summed E-state index contributed by atoms with van der Waals surface area (Å²) in [6.45, 7) is 2.93. The molecule has 1 aliphatic carbocycles. The number of benzene rings is 1. The number of halogens is 1. The van der Waals surface area contributed by atoms with Crippen molar-refractivity contribution < 1.29 is 4.79 Å². The number of nitrogens with one attached hydrogen (secondary N) is 1. The zero-order chi connectivity index (χ0) is 16.8. The highest BCUT2D eigenvalue weighted by atomic mass is 35.5. The number of para-hydroxylation sites is 1. The van der Waals surface area contributed by atoms with Crippen molar-refractivity contribution in [2.45, 2.75) is 38.5 Å². The van der Waals surface area contributed by atoms with Crippen LogP contribution in [0.3, 0.4) is 0 Å². The van der Waals surface area contributed by atoms with Crippen molar-refractivity contribution in [1.82, 2.24) is 9.78 Å². The summed E-state index contributed by atoms with van der Waals surface area (Å²) in [5, 5.41) is 8.48. The lowest BCUT2D eigenvalue weighted by Crippen LogP contribution is -2.28. The maximum atomic E-state index is 13.1. The average Bonchev–Trinajstić information content (AvgIpc) is 2.91. The second kappa shape index (κ2) is 5.81. The molecule has 2 heterocycles. The fourth-order valence-electron chi connectivity index (χ4n) is 3.85. The van der Waals surface area contributed by atoms with E-state index in [0.717, 1.165) is 41.8 Å². The Morgan fingerprint density at radius 2 is 2.25 bits per heavy atom. The van der Waals surface area contributed by atoms with E-state index in [1.54, 1.807) is 0 Å². The molecule has 126 valence electrons. The number of carbonyl (C=O) groups is 1. The van der Waals surface area contributed by atoms with Crippen LogP contribution in [0.5, 0.6) is 0 Å². The molecule has 0 amide bonds. The van der Waals surface area contributed by atoms with E-state index < -0.39 is 0 Å². The van der Waals surface area contributed by atoms with Crippen molar-refractivity contribution in [2.75, 3.05) is 17.6 Å². The minimum absolute atomic E-state index is 0.0560. The topological polar surface area (TPSA) is 72.9 Å². The van der Waals surface area contributed by atoms with Gasteiger partial charge in [-0.3, -0.25) is 4.79 Å². The predicted molar refractivity (Wildman–Crippen MR) is 95.8 cm³/mol. The minimum atomic E-state index is -0.263. The fourth-order valence-corrected chi connectivity index (χ4v) is 4.10. The number of hydrogen-bond donors (Lipinski definition) is 2. The van der Waals surface area contributed by atoms with E-state index in [1.165, 1.54) is 4.68 Å². The second-order valence-electron chi connectivity index (χ2n) is 6.88. The summed E-state index contributed by atoms with van der Waals surface area (Å²) in [5.74, 6) is 0.787. The maximum Gasteiger partial charge on any atom is 0.256 e. The van der Waals surface area contributed by atoms with Gasteiger partial charge in [-0.05, 0) is 43.2 Å². The number of aromatic nitrogens is 2. The summed E-state index contributed by atoms with van der Waals surface area (Å²) >= 11 is 6.27. The Balaban J connectivity index is 1.73. The molecule has 2 aromatic rings. The minimum Gasteiger partial charge on any atom is -0.384 e. The molecule has 1 aromatic carbocycles. The van der Waals surface area contributed by atoms with Crippen LogP contribution in [0.25, 0.3) is 0 Å². The van der Waals surface area contributed by atoms with Crippen LogP contribution in [0, 0.1) is 5.92 Å². The number of nitrogens with two attached hydrogens (primary N) is 1. The summed E-state index contributed by atoms with van der Waals surface area (Å²) in [5.41, 5.74) is 10.1. The van der Waals surface area contributed by atoms with Gasteiger partial charge in [0.1, 0.15) is 5.82 Å². The summed E-state index contributed by atoms with van der Waals surface area (Å²) in [6.07, 6.45) is 3.62. The number of nitrogens with zero attached hydrogens (tertiary/aromatic N) is 2. The SMILES string of the molecule is CC1CCc2nn(C(=O)[C@@H]3CCNc4c(Cl)cccc43)c(N)c2C1. The van der Waals surface area contributed by atoms with E-state index in [1.807, 2.05) is 18.2 Å². The Bertz CT molecular complexity index is 814. The lowest BCUT2D eigenvalue weighted by atomic mass is 9.88. The monoisotopic (exact) mass is 344 g/mol. The summed E-state index contributed by atoms with van der Waals surface area (Å²) in [6, 6.07) is 5.67. The van der Waals surface area contributed by atoms with Gasteiger partial charge in [0.05, 0.1) is 22.3 Å². The van der Waals surface area contributed by atoms with E-state index in [4.69, 9.17) is 17.3 Å². The molecule has 1 aliphatic heterocycles. The molecule has 0 fully saturated rings. The van der Waals surface area contributed by atoms with Gasteiger partial charge in [0.25, 0.3) is 5.91 Å². The number of carbonyl (C=O) groups excluding carboxylic acids is 1. The molecule has 1 unspecified atom stereocenters. The third-order valence-corrected chi connectivity index (χ3v) is 5.51. The standard InChI is InChI=1S/C18H21ClN4O/c1-10-5-6-15-13(9-10)17(20)23(22-15)18(24)12-7-8-21-16-11(12)3-2-4-14(16)19/h2-4,10,12,21H,5-9,20H2,1H3/t10?,12-/m1/s1. The fraction of sp³-hybridized carbons (Fsp3) is 0.444. The number of fused-ring (bicyclic) bond motifs is 2. The molecule has 0 spiro atoms. The summed E-state index contributed by atoms with van der Waals surface area (Å²) in [4.78, 5) is 13.1. The number of anilines is 2. The first-order chi connectivity index (χ1) is 11.6. The number of rotatable bonds is 1. The van der Waals surface area contributed by atoms with Crippen LogP contribution in [0.1, 0.15) is 47.3 Å². The first-order valence-corrected chi connectivity index (χ1v) is 8.86. The quantitative estimate of drug-likeness (QED) is 0.830. The number of nitrogen functional groups attached to an aromatic ring is 1. The van der Waals surface area contributed by atoms with Crippen LogP contribution in [0.2, 0.25) is 5.02 Å². The third kappa shape index (κ3) is 2.38. The van der Waals surface area contributed by atoms with Gasteiger partial charge in [-0.1, -0.05) is 30.7 Å². The molecule has 5 nitrogen and oxygen atoms in total. The normalized spacial score (nSPS) is 22.4. The second-order valence-corrected chi connectivity index (χ2v) is 7.29. The Hall–Kier alpha value is -2.01. The first-order valence-electron chi connectivity index (χ1n) is 8.49. The summed E-state index contributed by atoms with van der Waals surface area (Å²) < 4.78 is 1.43. The van der Waals surface area contributed by atoms with Gasteiger partial charge in [0.2, 0.25) is 0 Å². The van der Waals surface area contributed by atoms with Gasteiger partial charge >= 0.3 is 0 Å². The molecule has 0 bridgehead atoms. The Labute approximate surface area is 146 Å². The first kappa shape index (κ1) is 15.5. The highest BCUT2D eigenvalue weighted by Gasteiger charge is 2.32. The van der Waals surface area contributed by atoms with Crippen molar-refractivity contribution in [3.63, 3.8) is 0 Å². The highest BCUT2D eigenvalue weighted by Crippen LogP contribution is 2.38. The largest absolute Gasteiger partial charge is 0.384 e. The van der Waals surface area contributed by atoms with Crippen molar-refractivity contribution in [1.29, 1.82) is 0 Å². The molecule has 0 radical (unpaired) electrons. The van der Waals surface area contributed by atoms with Crippen LogP contribution in [0.4, 0.5) is 11.5 Å². The lowest BCUT2D eigenvalue weighted by molar-refractivity contribution is 0.0859. The predicted octanol–water partition coefficient (Wildman–Crippen LogP) is 3.48. The molecule has 3 N–H and O–H groups in total. The smallest absolute Gasteiger partial charge is 0.256 e. The van der Waals surface area contributed by atoms with Gasteiger partial charge < -0.3 is 11.1 Å². The third-order valence-electron chi connectivity index (χ3n) is 5.20. The van der Waals surface area contributed by atoms with Crippen molar-refractivity contribution >= 4 is 29.0 Å². The molecule has 1 aromatic heterocycles. The molecule has 2 aliphatic rings. The summed E-state index contributed by atoms with van der Waals surface area (Å²) in [7, 11) is 0. The van der Waals surface area contributed by atoms with Crippen LogP contribution in [-0.4, -0.2) is 22.2 Å². The van der Waals surface area contributed by atoms with E-state index >= 15 is 0 Å². The molecule has 24 heavy (non-hydrogen) atoms. The van der Waals surface area contributed by atoms with Gasteiger partial charge in [0.15, 0.2) is 0 Å². The van der Waals surface area contributed by atoms with Gasteiger partial charge in [0, 0.05) is 12.1 Å². The number of aryl methyl sites for hydroxylation is 1. The molecule has 0 saturated heterocycles. The van der Waals surface area contributed by atoms with Crippen LogP contribution >= 0.6 is 11.6 Å². The molecular weight excluding hydrogens is 324 g/mol. The van der Waals surface area contributed by atoms with Gasteiger partial charge in [-0.15, -0.1) is 0 Å². The average molecular weight is 345 g/mol. The maximum absolute atomic E-state index is 13.1. The molecule has 0 saturated carbocycles. The Morgan fingerprint density at radius 3 is 3.08 bits per heavy atom. The highest BCUT2D eigenvalue weighted by molar-refractivity contribution is 6.33. The Morgan fingerprint density at radius 1 is 1.42 bits per heavy atom. The van der Waals surface area contributed by atoms with E-state index in [-0.39, 0.29) is 11.8 Å². The zero-order valence-electron chi connectivity index (χ0n) is 13.7. The van der Waals surface area contributed by atoms with Gasteiger partial charge in [-0.2, -0.15) is 9.78 Å². The molecular formula is C18H21ClN4O. The zero-order valence-corrected chi connectivity index (χ0v) is 14.4. The van der Waals surface area contributed by atoms with Crippen molar-refractivity contribution in [3.8, 4) is 0 Å². The molecule has 6 heteroatoms. The Kier molecular flexibility index (Phi) is 3.76. The van der Waals surface area contributed by atoms with Crippen molar-refractivity contribution in [2.24, 2.45) is 5.92 Å². The van der Waals surface area contributed by atoms with E-state index in [0.29, 0.717) is 29.7 Å². The number of hydrogen-bond acceptors (Lipinski definition) is 4. The van der Waals surface area contributed by atoms with Crippen LogP contribution in [0.15, 0.2) is 18.2 Å². The van der Waals surface area contributed by atoms with Crippen LogP contribution < -0.4 is 11.1 Å². The van der Waals surface area contributed by atoms with Crippen LogP contribution in [-0.2, 0) is 12.8 Å². The molecule has 4 rings (SSSR count). The molecule has 2 atom stereocenters. The lowest BCUT2D eigenvalue weighted by Gasteiger charge is -2.26. The van der Waals surface area contributed by atoms with E-state index in [9.17, 15) is 4.79 Å².